The van der Waals surface area contributed by atoms with Crippen LogP contribution in [0.5, 0.6) is 5.75 Å². The first-order valence-electron chi connectivity index (χ1n) is 7.49. The molecule has 0 aliphatic carbocycles. The lowest BCUT2D eigenvalue weighted by Gasteiger charge is -2.24. The highest BCUT2D eigenvalue weighted by atomic mass is 35.5. The molecule has 0 fully saturated rings. The molecule has 0 spiro atoms. The third kappa shape index (κ3) is 4.46. The van der Waals surface area contributed by atoms with Crippen molar-refractivity contribution in [1.29, 1.82) is 0 Å². The predicted octanol–water partition coefficient (Wildman–Crippen LogP) is 3.28. The van der Waals surface area contributed by atoms with Gasteiger partial charge in [0.05, 0.1) is 39.8 Å². The zero-order valence-electron chi connectivity index (χ0n) is 14.6. The summed E-state index contributed by atoms with van der Waals surface area (Å²) >= 11 is 12.1. The molecule has 2 aromatic carbocycles. The lowest BCUT2D eigenvalue weighted by Crippen LogP contribution is -2.36. The van der Waals surface area contributed by atoms with Crippen LogP contribution < -0.4 is 9.04 Å². The molecule has 0 unspecified atom stereocenters. The Balaban J connectivity index is 2.66. The number of hydrogen-bond donors (Lipinski definition) is 0. The van der Waals surface area contributed by atoms with Gasteiger partial charge < -0.3 is 9.47 Å². The number of carbonyl (C=O) groups is 1. The Morgan fingerprint density at radius 3 is 2.36 bits per heavy atom. The minimum atomic E-state index is -4.39. The molecule has 150 valence electrons. The standard InChI is InChI=1S/C16H14Cl2N2O7S/c1-26-15-6-4-11(8-13(15)18)28(24,25)19(9-16(21)27-2)14-7-10(20(22)23)3-5-12(14)17/h3-8H,9H2,1-2H3. The summed E-state index contributed by atoms with van der Waals surface area (Å²) in [5.74, 6) is -0.653. The van der Waals surface area contributed by atoms with E-state index in [-0.39, 0.29) is 26.4 Å². The summed E-state index contributed by atoms with van der Waals surface area (Å²) in [6.45, 7) is -0.761. The van der Waals surface area contributed by atoms with Gasteiger partial charge in [-0.25, -0.2) is 8.42 Å². The van der Waals surface area contributed by atoms with Crippen LogP contribution in [0.2, 0.25) is 10.0 Å². The Bertz CT molecular complexity index is 1030. The molecule has 0 aromatic heterocycles. The van der Waals surface area contributed by atoms with Gasteiger partial charge in [0.1, 0.15) is 12.3 Å². The first-order chi connectivity index (χ1) is 13.1. The summed E-state index contributed by atoms with van der Waals surface area (Å²) in [7, 11) is -1.95. The van der Waals surface area contributed by atoms with E-state index in [1.807, 2.05) is 0 Å². The maximum atomic E-state index is 13.2. The van der Waals surface area contributed by atoms with Crippen LogP contribution in [0.3, 0.4) is 0 Å². The fourth-order valence-corrected chi connectivity index (χ4v) is 4.26. The van der Waals surface area contributed by atoms with Crippen LogP contribution in [-0.2, 0) is 19.6 Å². The lowest BCUT2D eigenvalue weighted by molar-refractivity contribution is -0.384. The fraction of sp³-hybridized carbons (Fsp3) is 0.188. The van der Waals surface area contributed by atoms with Gasteiger partial charge in [-0.3, -0.25) is 19.2 Å². The first kappa shape index (κ1) is 21.7. The number of benzene rings is 2. The average Bonchev–Trinajstić information content (AvgIpc) is 2.66. The van der Waals surface area contributed by atoms with Crippen LogP contribution in [0.15, 0.2) is 41.3 Å². The number of hydrogen-bond acceptors (Lipinski definition) is 7. The monoisotopic (exact) mass is 448 g/mol. The molecule has 0 N–H and O–H groups in total. The molecular formula is C16H14Cl2N2O7S. The second-order valence-corrected chi connectivity index (χ2v) is 7.95. The predicted molar refractivity (Wildman–Crippen MR) is 103 cm³/mol. The van der Waals surface area contributed by atoms with E-state index < -0.39 is 33.1 Å². The van der Waals surface area contributed by atoms with E-state index in [0.29, 0.717) is 4.31 Å². The molecule has 0 saturated carbocycles. The molecule has 28 heavy (non-hydrogen) atoms. The zero-order chi connectivity index (χ0) is 21.1. The number of ether oxygens (including phenoxy) is 2. The number of non-ortho nitro benzene ring substituents is 1. The van der Waals surface area contributed by atoms with Crippen molar-refractivity contribution in [2.75, 3.05) is 25.1 Å². The Labute approximate surface area is 170 Å². The normalized spacial score (nSPS) is 11.0. The number of rotatable bonds is 7. The Morgan fingerprint density at radius 1 is 1.14 bits per heavy atom. The summed E-state index contributed by atoms with van der Waals surface area (Å²) < 4.78 is 36.5. The quantitative estimate of drug-likeness (QED) is 0.362. The Hall–Kier alpha value is -2.56. The molecule has 0 saturated heterocycles. The molecule has 0 atom stereocenters. The van der Waals surface area contributed by atoms with Crippen molar-refractivity contribution in [1.82, 2.24) is 0 Å². The fourth-order valence-electron chi connectivity index (χ4n) is 2.22. The highest BCUT2D eigenvalue weighted by molar-refractivity contribution is 7.92. The summed E-state index contributed by atoms with van der Waals surface area (Å²) in [5, 5.41) is 11.0. The molecule has 0 amide bonds. The molecule has 0 aliphatic heterocycles. The Morgan fingerprint density at radius 2 is 1.82 bits per heavy atom. The van der Waals surface area contributed by atoms with Crippen molar-refractivity contribution >= 4 is 50.6 Å². The van der Waals surface area contributed by atoms with Gasteiger partial charge in [0, 0.05) is 12.1 Å². The van der Waals surface area contributed by atoms with Crippen LogP contribution >= 0.6 is 23.2 Å². The van der Waals surface area contributed by atoms with Crippen molar-refractivity contribution in [3.8, 4) is 5.75 Å². The number of anilines is 1. The molecule has 0 aliphatic rings. The molecule has 12 heteroatoms. The van der Waals surface area contributed by atoms with Crippen LogP contribution in [0.25, 0.3) is 0 Å². The van der Waals surface area contributed by atoms with Gasteiger partial charge in [-0.05, 0) is 24.3 Å². The van der Waals surface area contributed by atoms with Crippen LogP contribution in [0, 0.1) is 10.1 Å². The van der Waals surface area contributed by atoms with E-state index in [1.54, 1.807) is 0 Å². The van der Waals surface area contributed by atoms with Gasteiger partial charge in [-0.2, -0.15) is 0 Å². The van der Waals surface area contributed by atoms with Gasteiger partial charge in [0.25, 0.3) is 15.7 Å². The van der Waals surface area contributed by atoms with E-state index in [9.17, 15) is 23.3 Å². The molecular weight excluding hydrogens is 435 g/mol. The third-order valence-corrected chi connectivity index (χ3v) is 5.99. The second-order valence-electron chi connectivity index (χ2n) is 5.28. The smallest absolute Gasteiger partial charge is 0.326 e. The highest BCUT2D eigenvalue weighted by Crippen LogP contribution is 2.35. The van der Waals surface area contributed by atoms with E-state index in [2.05, 4.69) is 4.74 Å². The van der Waals surface area contributed by atoms with Gasteiger partial charge in [0.15, 0.2) is 0 Å². The largest absolute Gasteiger partial charge is 0.495 e. The van der Waals surface area contributed by atoms with Gasteiger partial charge in [0.2, 0.25) is 0 Å². The van der Waals surface area contributed by atoms with Gasteiger partial charge in [-0.15, -0.1) is 0 Å². The number of sulfonamides is 1. The summed E-state index contributed by atoms with van der Waals surface area (Å²) in [6, 6.07) is 6.91. The molecule has 2 rings (SSSR count). The Kier molecular flexibility index (Phi) is 6.70. The number of nitrogens with zero attached hydrogens (tertiary/aromatic N) is 2. The molecule has 2 aromatic rings. The molecule has 0 radical (unpaired) electrons. The van der Waals surface area contributed by atoms with Crippen molar-refractivity contribution in [2.24, 2.45) is 0 Å². The molecule has 0 heterocycles. The van der Waals surface area contributed by atoms with Gasteiger partial charge >= 0.3 is 5.97 Å². The summed E-state index contributed by atoms with van der Waals surface area (Å²) in [5.41, 5.74) is -0.662. The van der Waals surface area contributed by atoms with Crippen molar-refractivity contribution in [3.05, 3.63) is 56.6 Å². The summed E-state index contributed by atoms with van der Waals surface area (Å²) in [6.07, 6.45) is 0. The van der Waals surface area contributed by atoms with E-state index >= 15 is 0 Å². The number of nitro groups is 1. The van der Waals surface area contributed by atoms with Crippen LogP contribution in [-0.4, -0.2) is 40.1 Å². The van der Waals surface area contributed by atoms with Crippen molar-refractivity contribution < 1.29 is 27.6 Å². The maximum absolute atomic E-state index is 13.2. The zero-order valence-corrected chi connectivity index (χ0v) is 16.9. The minimum absolute atomic E-state index is 0.0201. The lowest BCUT2D eigenvalue weighted by atomic mass is 10.3. The topological polar surface area (TPSA) is 116 Å². The second kappa shape index (κ2) is 8.63. The SMILES string of the molecule is COC(=O)CN(c1cc([N+](=O)[O-])ccc1Cl)S(=O)(=O)c1ccc(OC)c(Cl)c1. The summed E-state index contributed by atoms with van der Waals surface area (Å²) in [4.78, 5) is 21.9. The highest BCUT2D eigenvalue weighted by Gasteiger charge is 2.31. The minimum Gasteiger partial charge on any atom is -0.495 e. The van der Waals surface area contributed by atoms with E-state index in [0.717, 1.165) is 31.4 Å². The van der Waals surface area contributed by atoms with E-state index in [4.69, 9.17) is 27.9 Å². The van der Waals surface area contributed by atoms with Crippen LogP contribution in [0.1, 0.15) is 0 Å². The van der Waals surface area contributed by atoms with E-state index in [1.165, 1.54) is 19.2 Å². The maximum Gasteiger partial charge on any atom is 0.326 e. The number of nitro benzene ring substituents is 1. The molecule has 0 bridgehead atoms. The number of esters is 1. The van der Waals surface area contributed by atoms with Crippen molar-refractivity contribution in [2.45, 2.75) is 4.90 Å². The number of halogens is 2. The van der Waals surface area contributed by atoms with Gasteiger partial charge in [-0.1, -0.05) is 23.2 Å². The first-order valence-corrected chi connectivity index (χ1v) is 9.68. The molecule has 9 nitrogen and oxygen atoms in total. The van der Waals surface area contributed by atoms with Crippen molar-refractivity contribution in [3.63, 3.8) is 0 Å². The third-order valence-electron chi connectivity index (χ3n) is 3.62. The number of carbonyl (C=O) groups excluding carboxylic acids is 1. The average molecular weight is 449 g/mol. The van der Waals surface area contributed by atoms with Crippen LogP contribution in [0.4, 0.5) is 11.4 Å². The number of methoxy groups -OCH3 is 2.